The first-order chi connectivity index (χ1) is 27.9. The molecule has 1 heterocycles. The van der Waals surface area contributed by atoms with Gasteiger partial charge in [0.25, 0.3) is 5.91 Å². The van der Waals surface area contributed by atoms with Crippen molar-refractivity contribution in [2.75, 3.05) is 51.1 Å². The third-order valence-electron chi connectivity index (χ3n) is 8.35. The van der Waals surface area contributed by atoms with Gasteiger partial charge < -0.3 is 49.0 Å². The molecule has 1 aliphatic heterocycles. The van der Waals surface area contributed by atoms with Gasteiger partial charge in [0, 0.05) is 43.9 Å². The average molecular weight is 814 g/mol. The van der Waals surface area contributed by atoms with E-state index in [1.807, 2.05) is 48.5 Å². The van der Waals surface area contributed by atoms with Gasteiger partial charge in [0.1, 0.15) is 24.2 Å². The summed E-state index contributed by atoms with van der Waals surface area (Å²) < 4.78 is 37.2. The van der Waals surface area contributed by atoms with Crippen LogP contribution in [-0.4, -0.2) is 86.2 Å². The van der Waals surface area contributed by atoms with Crippen LogP contribution in [0.5, 0.6) is 11.5 Å². The molecule has 0 aromatic heterocycles. The Morgan fingerprint density at radius 1 is 0.845 bits per heavy atom. The summed E-state index contributed by atoms with van der Waals surface area (Å²) in [5.41, 5.74) is 4.19. The largest absolute Gasteiger partial charge is 0.484 e. The summed E-state index contributed by atoms with van der Waals surface area (Å²) >= 11 is 0. The third-order valence-corrected chi connectivity index (χ3v) is 8.98. The van der Waals surface area contributed by atoms with E-state index in [0.717, 1.165) is 29.0 Å². The number of hydrogen-bond donors (Lipinski definition) is 4. The summed E-state index contributed by atoms with van der Waals surface area (Å²) in [6, 6.07) is 27.7. The van der Waals surface area contributed by atoms with Crippen LogP contribution in [0.4, 0.5) is 10.5 Å². The van der Waals surface area contributed by atoms with Crippen LogP contribution >= 0.6 is 7.60 Å². The van der Waals surface area contributed by atoms with E-state index in [4.69, 9.17) is 23.8 Å². The first kappa shape index (κ1) is 43.1. The lowest BCUT2D eigenvalue weighted by Crippen LogP contribution is -2.36. The minimum absolute atomic E-state index is 0.0222. The van der Waals surface area contributed by atoms with Crippen molar-refractivity contribution in [1.82, 2.24) is 10.6 Å². The Bertz CT molecular complexity index is 2150. The van der Waals surface area contributed by atoms with Crippen LogP contribution in [0.25, 0.3) is 0 Å². The van der Waals surface area contributed by atoms with Gasteiger partial charge in [0.15, 0.2) is 6.61 Å². The molecule has 0 radical (unpaired) electrons. The highest BCUT2D eigenvalue weighted by Gasteiger charge is 2.21. The number of carbonyl (C=O) groups excluding carboxylic acids is 4. The Morgan fingerprint density at radius 2 is 1.53 bits per heavy atom. The standard InChI is InChI=1S/C42H44N3O12P/c1-58(51,52)56-28-35(46)27-53-24-6-22-44-42(50)55-26-30-11-17-37(18-12-30)57-41(49)33-15-19-36(20-16-33)54-29-39(47)43-23-21-40(48)45-25-34-9-3-2-7-31(34)13-14-32-8-4-5-10-38(32)45/h2-5,7-12,15-20,35,46H,6,21-29H2,1H3,(H,43,47)(H,44,50)(H,51,52). The van der Waals surface area contributed by atoms with Crippen molar-refractivity contribution in [3.63, 3.8) is 0 Å². The topological polar surface area (TPSA) is 199 Å². The lowest BCUT2D eigenvalue weighted by molar-refractivity contribution is -0.123. The van der Waals surface area contributed by atoms with Crippen molar-refractivity contribution in [2.24, 2.45) is 0 Å². The van der Waals surface area contributed by atoms with E-state index in [0.29, 0.717) is 24.3 Å². The van der Waals surface area contributed by atoms with Crippen molar-refractivity contribution in [3.05, 3.63) is 125 Å². The van der Waals surface area contributed by atoms with Gasteiger partial charge in [-0.15, -0.1) is 0 Å². The second kappa shape index (κ2) is 21.5. The summed E-state index contributed by atoms with van der Waals surface area (Å²) in [6.07, 6.45) is -1.18. The molecule has 15 nitrogen and oxygen atoms in total. The van der Waals surface area contributed by atoms with Crippen molar-refractivity contribution >= 4 is 37.2 Å². The normalized spacial score (nSPS) is 13.1. The van der Waals surface area contributed by atoms with E-state index >= 15 is 0 Å². The van der Waals surface area contributed by atoms with Gasteiger partial charge in [-0.05, 0) is 72.1 Å². The van der Waals surface area contributed by atoms with Gasteiger partial charge in [-0.2, -0.15) is 0 Å². The van der Waals surface area contributed by atoms with Gasteiger partial charge in [0.2, 0.25) is 5.91 Å². The van der Waals surface area contributed by atoms with Crippen molar-refractivity contribution in [2.45, 2.75) is 32.1 Å². The molecule has 0 fully saturated rings. The zero-order valence-corrected chi connectivity index (χ0v) is 32.7. The van der Waals surface area contributed by atoms with Crippen molar-refractivity contribution in [3.8, 4) is 23.3 Å². The number of nitrogens with one attached hydrogen (secondary N) is 2. The molecule has 0 aliphatic carbocycles. The summed E-state index contributed by atoms with van der Waals surface area (Å²) in [7, 11) is -3.67. The van der Waals surface area contributed by atoms with Crippen LogP contribution in [-0.2, 0) is 41.3 Å². The monoisotopic (exact) mass is 813 g/mol. The molecular weight excluding hydrogens is 769 g/mol. The maximum absolute atomic E-state index is 13.4. The molecule has 4 N–H and O–H groups in total. The Kier molecular flexibility index (Phi) is 16.0. The van der Waals surface area contributed by atoms with Gasteiger partial charge in [-0.1, -0.05) is 54.3 Å². The molecule has 4 aromatic carbocycles. The summed E-state index contributed by atoms with van der Waals surface area (Å²) in [6.45, 7) is 1.26. The van der Waals surface area contributed by atoms with E-state index in [2.05, 4.69) is 27.0 Å². The highest BCUT2D eigenvalue weighted by Crippen LogP contribution is 2.36. The maximum Gasteiger partial charge on any atom is 0.407 e. The van der Waals surface area contributed by atoms with Crippen LogP contribution in [0, 0.1) is 11.8 Å². The van der Waals surface area contributed by atoms with E-state index in [1.165, 1.54) is 12.1 Å². The Balaban J connectivity index is 0.961. The predicted molar refractivity (Wildman–Crippen MR) is 212 cm³/mol. The Morgan fingerprint density at radius 3 is 2.29 bits per heavy atom. The fourth-order valence-electron chi connectivity index (χ4n) is 5.41. The van der Waals surface area contributed by atoms with Crippen LogP contribution in [0.1, 0.15) is 45.5 Å². The molecular formula is C42H44N3O12P. The van der Waals surface area contributed by atoms with Crippen LogP contribution < -0.4 is 25.0 Å². The maximum atomic E-state index is 13.4. The lowest BCUT2D eigenvalue weighted by atomic mass is 10.0. The molecule has 1 aliphatic rings. The number of ether oxygens (including phenoxy) is 4. The van der Waals surface area contributed by atoms with Gasteiger partial charge in [0.05, 0.1) is 31.0 Å². The first-order valence-corrected chi connectivity index (χ1v) is 20.4. The second-order valence-electron chi connectivity index (χ2n) is 13.0. The minimum Gasteiger partial charge on any atom is -0.484 e. The molecule has 58 heavy (non-hydrogen) atoms. The SMILES string of the molecule is CP(=O)(O)OCC(O)COCCCNC(=O)OCc1ccc(OC(=O)c2ccc(OCC(=O)NCCC(=O)N3Cc4ccccc4C#Cc4ccccc43)cc2)cc1. The van der Waals surface area contributed by atoms with Gasteiger partial charge in [-0.3, -0.25) is 14.2 Å². The Labute approximate surface area is 335 Å². The fraction of sp³-hybridized carbons (Fsp3) is 0.286. The number of benzene rings is 4. The van der Waals surface area contributed by atoms with E-state index in [1.54, 1.807) is 41.3 Å². The number of esters is 1. The highest BCUT2D eigenvalue weighted by atomic mass is 31.2. The first-order valence-electron chi connectivity index (χ1n) is 18.3. The van der Waals surface area contributed by atoms with Gasteiger partial charge in [-0.25, -0.2) is 9.59 Å². The molecule has 304 valence electrons. The molecule has 4 aromatic rings. The quantitative estimate of drug-likeness (QED) is 0.0339. The highest BCUT2D eigenvalue weighted by molar-refractivity contribution is 7.51. The number of rotatable bonds is 19. The van der Waals surface area contributed by atoms with Crippen LogP contribution in [0.3, 0.4) is 0 Å². The van der Waals surface area contributed by atoms with Crippen molar-refractivity contribution in [1.29, 1.82) is 0 Å². The molecule has 0 saturated heterocycles. The molecule has 16 heteroatoms. The number of anilines is 1. The summed E-state index contributed by atoms with van der Waals surface area (Å²) in [5.74, 6) is 5.83. The third kappa shape index (κ3) is 14.2. The number of amides is 3. The second-order valence-corrected chi connectivity index (χ2v) is 14.9. The zero-order chi connectivity index (χ0) is 41.3. The zero-order valence-electron chi connectivity index (χ0n) is 31.8. The van der Waals surface area contributed by atoms with E-state index in [-0.39, 0.29) is 69.8 Å². The number of aliphatic hydroxyl groups is 1. The number of para-hydroxylation sites is 1. The number of fused-ring (bicyclic) bond motifs is 2. The molecule has 0 spiro atoms. The van der Waals surface area contributed by atoms with Crippen LogP contribution in [0.15, 0.2) is 97.1 Å². The molecule has 0 bridgehead atoms. The van der Waals surface area contributed by atoms with Gasteiger partial charge >= 0.3 is 19.7 Å². The molecule has 2 unspecified atom stereocenters. The van der Waals surface area contributed by atoms with E-state index in [9.17, 15) is 28.8 Å². The number of carbonyl (C=O) groups is 4. The number of aliphatic hydroxyl groups excluding tert-OH is 1. The number of nitrogens with zero attached hydrogens (tertiary/aromatic N) is 1. The number of hydrogen-bond acceptors (Lipinski definition) is 11. The molecule has 3 amide bonds. The number of alkyl carbamates (subject to hydrolysis) is 1. The summed E-state index contributed by atoms with van der Waals surface area (Å²) in [5, 5.41) is 15.0. The average Bonchev–Trinajstić information content (AvgIpc) is 3.21. The molecule has 0 saturated carbocycles. The summed E-state index contributed by atoms with van der Waals surface area (Å²) in [4.78, 5) is 61.4. The molecule has 5 rings (SSSR count). The smallest absolute Gasteiger partial charge is 0.407 e. The Hall–Kier alpha value is -6.01. The lowest BCUT2D eigenvalue weighted by Gasteiger charge is -2.26. The van der Waals surface area contributed by atoms with Crippen molar-refractivity contribution < 1.29 is 57.2 Å². The minimum atomic E-state index is -3.67. The fourth-order valence-corrected chi connectivity index (χ4v) is 5.86. The van der Waals surface area contributed by atoms with Crippen LogP contribution in [0.2, 0.25) is 0 Å². The van der Waals surface area contributed by atoms with E-state index < -0.39 is 31.7 Å². The molecule has 2 atom stereocenters. The predicted octanol–water partition coefficient (Wildman–Crippen LogP) is 4.56.